The molecule has 0 aliphatic carbocycles. The maximum atomic E-state index is 12.6. The summed E-state index contributed by atoms with van der Waals surface area (Å²) in [5.41, 5.74) is 11.2. The fraction of sp³-hybridized carbons (Fsp3) is 0.304. The summed E-state index contributed by atoms with van der Waals surface area (Å²) in [7, 11) is 1.40. The maximum absolute atomic E-state index is 12.6. The molecule has 176 valence electrons. The number of carbonyl (C=O) groups is 1. The molecule has 0 saturated carbocycles. The Hall–Kier alpha value is -2.92. The highest BCUT2D eigenvalue weighted by molar-refractivity contribution is 7.99. The SMILES string of the molecule is CCc1[nH]c2nc(Sc3cc(C(=O)NOC)c4ncccc4c3)nc(N3CCC(N)C3)c2c1Cl. The van der Waals surface area contributed by atoms with E-state index in [-0.39, 0.29) is 11.9 Å². The number of pyridine rings is 1. The van der Waals surface area contributed by atoms with Crippen molar-refractivity contribution in [3.8, 4) is 0 Å². The lowest BCUT2D eigenvalue weighted by atomic mass is 10.1. The number of aryl methyl sites for hydroxylation is 1. The van der Waals surface area contributed by atoms with Crippen molar-refractivity contribution in [2.75, 3.05) is 25.1 Å². The lowest BCUT2D eigenvalue weighted by molar-refractivity contribution is 0.0539. The molecular weight excluding hydrogens is 474 g/mol. The first kappa shape index (κ1) is 22.9. The summed E-state index contributed by atoms with van der Waals surface area (Å²) in [6.45, 7) is 3.56. The number of hydroxylamine groups is 1. The van der Waals surface area contributed by atoms with Gasteiger partial charge in [0, 0.05) is 41.3 Å². The van der Waals surface area contributed by atoms with Crippen LogP contribution in [0.1, 0.15) is 29.4 Å². The van der Waals surface area contributed by atoms with Crippen molar-refractivity contribution in [2.45, 2.75) is 35.9 Å². The van der Waals surface area contributed by atoms with Gasteiger partial charge in [-0.3, -0.25) is 14.6 Å². The molecule has 5 rings (SSSR count). The lowest BCUT2D eigenvalue weighted by Crippen LogP contribution is -2.27. The number of nitrogens with two attached hydrogens (primary N) is 1. The van der Waals surface area contributed by atoms with Crippen LogP contribution in [0, 0.1) is 0 Å². The number of H-pyrrole nitrogens is 1. The standard InChI is InChI=1S/C23H24ClN7O2S/c1-3-16-18(24)17-20(27-16)28-23(29-21(17)31-8-6-13(25)11-31)34-14-9-12-5-4-7-26-19(12)15(10-14)22(32)30-33-2/h4-5,7,9-10,13H,3,6,8,11,25H2,1-2H3,(H,30,32)(H,27,28,29). The highest BCUT2D eigenvalue weighted by atomic mass is 35.5. The summed E-state index contributed by atoms with van der Waals surface area (Å²) in [6.07, 6.45) is 3.31. The molecular formula is C23H24ClN7O2S. The first-order chi connectivity index (χ1) is 16.5. The average Bonchev–Trinajstić information content (AvgIpc) is 3.41. The molecule has 1 aromatic carbocycles. The minimum Gasteiger partial charge on any atom is -0.354 e. The summed E-state index contributed by atoms with van der Waals surface area (Å²) in [5, 5.41) is 2.85. The van der Waals surface area contributed by atoms with E-state index in [1.54, 1.807) is 12.3 Å². The van der Waals surface area contributed by atoms with E-state index >= 15 is 0 Å². The Kier molecular flexibility index (Phi) is 6.30. The van der Waals surface area contributed by atoms with Crippen molar-refractivity contribution in [2.24, 2.45) is 5.73 Å². The smallest absolute Gasteiger partial charge is 0.277 e. The molecule has 1 aliphatic heterocycles. The molecule has 1 saturated heterocycles. The van der Waals surface area contributed by atoms with Crippen LogP contribution in [0.5, 0.6) is 0 Å². The van der Waals surface area contributed by atoms with Crippen molar-refractivity contribution < 1.29 is 9.63 Å². The Bertz CT molecular complexity index is 1390. The summed E-state index contributed by atoms with van der Waals surface area (Å²) >= 11 is 8.07. The highest BCUT2D eigenvalue weighted by Gasteiger charge is 2.26. The van der Waals surface area contributed by atoms with Gasteiger partial charge in [0.15, 0.2) is 5.16 Å². The first-order valence-electron chi connectivity index (χ1n) is 11.0. The quantitative estimate of drug-likeness (QED) is 0.272. The molecule has 34 heavy (non-hydrogen) atoms. The topological polar surface area (TPSA) is 122 Å². The van der Waals surface area contributed by atoms with E-state index in [2.05, 4.69) is 20.3 Å². The van der Waals surface area contributed by atoms with Crippen LogP contribution in [0.25, 0.3) is 21.9 Å². The van der Waals surface area contributed by atoms with Crippen molar-refractivity contribution in [1.82, 2.24) is 25.4 Å². The van der Waals surface area contributed by atoms with E-state index in [0.717, 1.165) is 46.6 Å². The molecule has 1 fully saturated rings. The van der Waals surface area contributed by atoms with E-state index in [4.69, 9.17) is 32.1 Å². The van der Waals surface area contributed by atoms with Gasteiger partial charge in [0.25, 0.3) is 5.91 Å². The van der Waals surface area contributed by atoms with Gasteiger partial charge in [0.05, 0.1) is 28.6 Å². The summed E-state index contributed by atoms with van der Waals surface area (Å²) < 4.78 is 0. The number of fused-ring (bicyclic) bond motifs is 2. The monoisotopic (exact) mass is 497 g/mol. The Balaban J connectivity index is 1.61. The second kappa shape index (κ2) is 9.38. The molecule has 4 N–H and O–H groups in total. The van der Waals surface area contributed by atoms with Crippen LogP contribution < -0.4 is 16.1 Å². The van der Waals surface area contributed by atoms with E-state index in [9.17, 15) is 4.79 Å². The van der Waals surface area contributed by atoms with Gasteiger partial charge in [-0.25, -0.2) is 15.4 Å². The van der Waals surface area contributed by atoms with Crippen LogP contribution in [0.15, 0.2) is 40.5 Å². The molecule has 0 radical (unpaired) electrons. The lowest BCUT2D eigenvalue weighted by Gasteiger charge is -2.18. The molecule has 3 aromatic heterocycles. The Morgan fingerprint density at radius 3 is 3.00 bits per heavy atom. The average molecular weight is 498 g/mol. The predicted octanol–water partition coefficient (Wildman–Crippen LogP) is 3.70. The van der Waals surface area contributed by atoms with Gasteiger partial charge in [0.1, 0.15) is 11.5 Å². The molecule has 1 amide bonds. The number of rotatable bonds is 6. The van der Waals surface area contributed by atoms with Gasteiger partial charge in [-0.2, -0.15) is 0 Å². The number of nitrogens with zero attached hydrogens (tertiary/aromatic N) is 4. The Morgan fingerprint density at radius 1 is 1.41 bits per heavy atom. The van der Waals surface area contributed by atoms with E-state index < -0.39 is 0 Å². The van der Waals surface area contributed by atoms with Crippen LogP contribution in [-0.2, 0) is 11.3 Å². The Labute approximate surface area is 205 Å². The predicted molar refractivity (Wildman–Crippen MR) is 133 cm³/mol. The number of carbonyl (C=O) groups excluding carboxylic acids is 1. The molecule has 4 aromatic rings. The minimum absolute atomic E-state index is 0.0966. The molecule has 0 bridgehead atoms. The zero-order valence-electron chi connectivity index (χ0n) is 18.8. The third-order valence-corrected chi connectivity index (χ3v) is 7.08. The fourth-order valence-corrected chi connectivity index (χ4v) is 5.42. The number of benzene rings is 1. The van der Waals surface area contributed by atoms with E-state index in [0.29, 0.717) is 33.5 Å². The third-order valence-electron chi connectivity index (χ3n) is 5.83. The zero-order valence-corrected chi connectivity index (χ0v) is 20.3. The van der Waals surface area contributed by atoms with Gasteiger partial charge < -0.3 is 15.6 Å². The number of anilines is 1. The summed E-state index contributed by atoms with van der Waals surface area (Å²) in [4.78, 5) is 37.8. The molecule has 1 unspecified atom stereocenters. The van der Waals surface area contributed by atoms with Crippen molar-refractivity contribution in [3.05, 3.63) is 46.7 Å². The number of hydrogen-bond donors (Lipinski definition) is 3. The van der Waals surface area contributed by atoms with Crippen LogP contribution >= 0.6 is 23.4 Å². The molecule has 1 atom stereocenters. The van der Waals surface area contributed by atoms with E-state index in [1.165, 1.54) is 18.9 Å². The molecule has 9 nitrogen and oxygen atoms in total. The van der Waals surface area contributed by atoms with Gasteiger partial charge in [-0.05, 0) is 42.8 Å². The van der Waals surface area contributed by atoms with Crippen molar-refractivity contribution >= 4 is 57.0 Å². The number of hydrogen-bond acceptors (Lipinski definition) is 8. The largest absolute Gasteiger partial charge is 0.354 e. The van der Waals surface area contributed by atoms with Crippen molar-refractivity contribution in [1.29, 1.82) is 0 Å². The van der Waals surface area contributed by atoms with Gasteiger partial charge in [0.2, 0.25) is 0 Å². The number of nitrogens with one attached hydrogen (secondary N) is 2. The third kappa shape index (κ3) is 4.18. The van der Waals surface area contributed by atoms with Crippen LogP contribution in [0.2, 0.25) is 5.02 Å². The maximum Gasteiger partial charge on any atom is 0.277 e. The minimum atomic E-state index is -0.375. The molecule has 0 spiro atoms. The fourth-order valence-electron chi connectivity index (χ4n) is 4.22. The number of halogens is 1. The first-order valence-corrected chi connectivity index (χ1v) is 12.2. The summed E-state index contributed by atoms with van der Waals surface area (Å²) in [6, 6.07) is 7.58. The van der Waals surface area contributed by atoms with Gasteiger partial charge in [-0.15, -0.1) is 0 Å². The summed E-state index contributed by atoms with van der Waals surface area (Å²) in [5.74, 6) is 0.404. The second-order valence-electron chi connectivity index (χ2n) is 8.10. The highest BCUT2D eigenvalue weighted by Crippen LogP contribution is 2.38. The van der Waals surface area contributed by atoms with Crippen LogP contribution in [-0.4, -0.2) is 52.1 Å². The number of aromatic nitrogens is 4. The Morgan fingerprint density at radius 2 is 2.26 bits per heavy atom. The zero-order chi connectivity index (χ0) is 23.8. The number of amides is 1. The molecule has 11 heteroatoms. The molecule has 1 aliphatic rings. The van der Waals surface area contributed by atoms with Crippen molar-refractivity contribution in [3.63, 3.8) is 0 Å². The van der Waals surface area contributed by atoms with E-state index in [1.807, 2.05) is 25.1 Å². The second-order valence-corrected chi connectivity index (χ2v) is 9.52. The van der Waals surface area contributed by atoms with Gasteiger partial charge >= 0.3 is 0 Å². The van der Waals surface area contributed by atoms with Crippen LogP contribution in [0.3, 0.4) is 0 Å². The normalized spacial score (nSPS) is 16.0. The molecule has 4 heterocycles. The number of aromatic amines is 1. The van der Waals surface area contributed by atoms with Crippen LogP contribution in [0.4, 0.5) is 5.82 Å². The van der Waals surface area contributed by atoms with Gasteiger partial charge in [-0.1, -0.05) is 24.6 Å².